The Kier molecular flexibility index (Phi) is 4.30. The highest BCUT2D eigenvalue weighted by Gasteiger charge is 2.23. The number of hydrogen-bond acceptors (Lipinski definition) is 6. The van der Waals surface area contributed by atoms with Gasteiger partial charge in [0.25, 0.3) is 0 Å². The van der Waals surface area contributed by atoms with Crippen LogP contribution in [0.1, 0.15) is 22.4 Å². The molecule has 4 aromatic rings. The first-order chi connectivity index (χ1) is 14.5. The maximum atomic E-state index is 13.9. The molecule has 0 aliphatic carbocycles. The first kappa shape index (κ1) is 18.4. The Hall–Kier alpha value is -3.62. The summed E-state index contributed by atoms with van der Waals surface area (Å²) in [7, 11) is 0. The number of pyridine rings is 1. The molecule has 30 heavy (non-hydrogen) atoms. The van der Waals surface area contributed by atoms with Crippen LogP contribution in [0.15, 0.2) is 36.8 Å². The highest BCUT2D eigenvalue weighted by molar-refractivity contribution is 5.59. The fraction of sp³-hybridized carbons (Fsp3) is 0.238. The summed E-state index contributed by atoms with van der Waals surface area (Å²) < 4.78 is 34.3. The van der Waals surface area contributed by atoms with E-state index in [9.17, 15) is 8.78 Å². The van der Waals surface area contributed by atoms with Crippen LogP contribution in [-0.4, -0.2) is 31.3 Å². The predicted octanol–water partition coefficient (Wildman–Crippen LogP) is 3.77. The zero-order chi connectivity index (χ0) is 20.8. The van der Waals surface area contributed by atoms with Crippen LogP contribution in [0.25, 0.3) is 5.65 Å². The summed E-state index contributed by atoms with van der Waals surface area (Å²) in [5, 5.41) is 12.7. The third-order valence-corrected chi connectivity index (χ3v) is 5.40. The number of halogens is 2. The summed E-state index contributed by atoms with van der Waals surface area (Å²) in [5.74, 6) is -0.191. The van der Waals surface area contributed by atoms with E-state index in [1.165, 1.54) is 6.07 Å². The number of fused-ring (bicyclic) bond motifs is 2. The molecule has 0 saturated carbocycles. The van der Waals surface area contributed by atoms with Crippen LogP contribution in [0, 0.1) is 25.5 Å². The second kappa shape index (κ2) is 7.01. The molecule has 0 spiro atoms. The van der Waals surface area contributed by atoms with Gasteiger partial charge in [-0.2, -0.15) is 4.52 Å². The largest absolute Gasteiger partial charge is 0.453 e. The standard InChI is InChI=1S/C21H18F2N6O/c1-12-13(2)21(27-29-11-25-26-20(12)29)28-6-5-18-14(10-28)7-16(9-24-18)30-19-4-3-15(22)8-17(19)23/h3-4,7-9,11H,5-6,10H2,1-2H3. The van der Waals surface area contributed by atoms with E-state index in [2.05, 4.69) is 25.2 Å². The van der Waals surface area contributed by atoms with Crippen LogP contribution in [0.2, 0.25) is 0 Å². The number of anilines is 1. The van der Waals surface area contributed by atoms with Gasteiger partial charge in [0.05, 0.1) is 6.20 Å². The Balaban J connectivity index is 1.45. The molecule has 7 nitrogen and oxygen atoms in total. The Morgan fingerprint density at radius 3 is 2.80 bits per heavy atom. The molecule has 0 saturated heterocycles. The highest BCUT2D eigenvalue weighted by Crippen LogP contribution is 2.30. The molecule has 0 fully saturated rings. The van der Waals surface area contributed by atoms with Crippen LogP contribution >= 0.6 is 0 Å². The van der Waals surface area contributed by atoms with E-state index < -0.39 is 11.6 Å². The maximum Gasteiger partial charge on any atom is 0.180 e. The molecular formula is C21H18F2N6O. The monoisotopic (exact) mass is 408 g/mol. The van der Waals surface area contributed by atoms with Crippen LogP contribution in [0.4, 0.5) is 14.6 Å². The Labute approximate surface area is 171 Å². The molecular weight excluding hydrogens is 390 g/mol. The van der Waals surface area contributed by atoms with Crippen molar-refractivity contribution >= 4 is 11.5 Å². The van der Waals surface area contributed by atoms with E-state index in [0.717, 1.165) is 58.9 Å². The third kappa shape index (κ3) is 3.12. The Morgan fingerprint density at radius 1 is 1.10 bits per heavy atom. The summed E-state index contributed by atoms with van der Waals surface area (Å²) in [6, 6.07) is 5.06. The van der Waals surface area contributed by atoms with Crippen molar-refractivity contribution in [2.45, 2.75) is 26.8 Å². The SMILES string of the molecule is Cc1c(N2CCc3ncc(Oc4ccc(F)cc4F)cc3C2)nn2cnnc2c1C. The topological polar surface area (TPSA) is 68.4 Å². The van der Waals surface area contributed by atoms with Gasteiger partial charge >= 0.3 is 0 Å². The van der Waals surface area contributed by atoms with Crippen molar-refractivity contribution in [3.63, 3.8) is 0 Å². The summed E-state index contributed by atoms with van der Waals surface area (Å²) in [6.45, 7) is 5.39. The zero-order valence-corrected chi connectivity index (χ0v) is 16.4. The fourth-order valence-corrected chi connectivity index (χ4v) is 3.69. The predicted molar refractivity (Wildman–Crippen MR) is 106 cm³/mol. The lowest BCUT2D eigenvalue weighted by Crippen LogP contribution is -2.32. The van der Waals surface area contributed by atoms with Crippen molar-refractivity contribution in [2.24, 2.45) is 0 Å². The molecule has 1 aromatic carbocycles. The molecule has 0 radical (unpaired) electrons. The van der Waals surface area contributed by atoms with Crippen LogP contribution in [-0.2, 0) is 13.0 Å². The summed E-state index contributed by atoms with van der Waals surface area (Å²) in [6.07, 6.45) is 3.91. The minimum Gasteiger partial charge on any atom is -0.453 e. The summed E-state index contributed by atoms with van der Waals surface area (Å²) in [5.41, 5.74) is 4.77. The molecule has 0 N–H and O–H groups in total. The van der Waals surface area contributed by atoms with Crippen molar-refractivity contribution in [1.82, 2.24) is 24.8 Å². The normalized spacial score (nSPS) is 13.5. The minimum atomic E-state index is -0.758. The van der Waals surface area contributed by atoms with Gasteiger partial charge in [-0.3, -0.25) is 4.98 Å². The van der Waals surface area contributed by atoms with Gasteiger partial charge in [-0.1, -0.05) is 0 Å². The van der Waals surface area contributed by atoms with E-state index in [0.29, 0.717) is 12.3 Å². The lowest BCUT2D eigenvalue weighted by atomic mass is 10.0. The van der Waals surface area contributed by atoms with Crippen molar-refractivity contribution in [3.8, 4) is 11.5 Å². The van der Waals surface area contributed by atoms with E-state index in [1.54, 1.807) is 17.0 Å². The second-order valence-corrected chi connectivity index (χ2v) is 7.30. The molecule has 5 rings (SSSR count). The van der Waals surface area contributed by atoms with E-state index >= 15 is 0 Å². The Morgan fingerprint density at radius 2 is 1.97 bits per heavy atom. The first-order valence-electron chi connectivity index (χ1n) is 9.52. The fourth-order valence-electron chi connectivity index (χ4n) is 3.69. The second-order valence-electron chi connectivity index (χ2n) is 7.30. The van der Waals surface area contributed by atoms with Gasteiger partial charge in [0.2, 0.25) is 0 Å². The van der Waals surface area contributed by atoms with Gasteiger partial charge in [0.15, 0.2) is 23.0 Å². The molecule has 9 heteroatoms. The lowest BCUT2D eigenvalue weighted by molar-refractivity contribution is 0.434. The van der Waals surface area contributed by atoms with Gasteiger partial charge in [-0.15, -0.1) is 15.3 Å². The molecule has 0 bridgehead atoms. The lowest BCUT2D eigenvalue weighted by Gasteiger charge is -2.30. The van der Waals surface area contributed by atoms with Crippen molar-refractivity contribution in [1.29, 1.82) is 0 Å². The molecule has 0 atom stereocenters. The van der Waals surface area contributed by atoms with Gasteiger partial charge in [-0.05, 0) is 37.6 Å². The first-order valence-corrected chi connectivity index (χ1v) is 9.52. The van der Waals surface area contributed by atoms with Gasteiger partial charge in [0.1, 0.15) is 17.9 Å². The number of benzene rings is 1. The van der Waals surface area contributed by atoms with Crippen LogP contribution in [0.5, 0.6) is 11.5 Å². The number of hydrogen-bond donors (Lipinski definition) is 0. The molecule has 3 aromatic heterocycles. The van der Waals surface area contributed by atoms with Crippen LogP contribution in [0.3, 0.4) is 0 Å². The molecule has 1 aliphatic heterocycles. The van der Waals surface area contributed by atoms with E-state index in [1.807, 2.05) is 19.9 Å². The Bertz CT molecular complexity index is 1270. The van der Waals surface area contributed by atoms with Gasteiger partial charge in [0, 0.05) is 42.4 Å². The quantitative estimate of drug-likeness (QED) is 0.514. The molecule has 152 valence electrons. The highest BCUT2D eigenvalue weighted by atomic mass is 19.1. The zero-order valence-electron chi connectivity index (χ0n) is 16.4. The third-order valence-electron chi connectivity index (χ3n) is 5.40. The summed E-state index contributed by atoms with van der Waals surface area (Å²) >= 11 is 0. The number of aryl methyl sites for hydroxylation is 1. The maximum absolute atomic E-state index is 13.9. The van der Waals surface area contributed by atoms with Crippen LogP contribution < -0.4 is 9.64 Å². The average Bonchev–Trinajstić information content (AvgIpc) is 3.21. The smallest absolute Gasteiger partial charge is 0.180 e. The number of ether oxygens (including phenoxy) is 1. The minimum absolute atomic E-state index is 0.0444. The number of aromatic nitrogens is 5. The van der Waals surface area contributed by atoms with Crippen molar-refractivity contribution in [3.05, 3.63) is 70.8 Å². The van der Waals surface area contributed by atoms with E-state index in [-0.39, 0.29) is 5.75 Å². The summed E-state index contributed by atoms with van der Waals surface area (Å²) in [4.78, 5) is 6.65. The molecule has 1 aliphatic rings. The molecule has 0 amide bonds. The number of nitrogens with zero attached hydrogens (tertiary/aromatic N) is 6. The van der Waals surface area contributed by atoms with E-state index in [4.69, 9.17) is 4.74 Å². The molecule has 4 heterocycles. The van der Waals surface area contributed by atoms with Crippen molar-refractivity contribution in [2.75, 3.05) is 11.4 Å². The van der Waals surface area contributed by atoms with Gasteiger partial charge in [-0.25, -0.2) is 8.78 Å². The van der Waals surface area contributed by atoms with Crippen molar-refractivity contribution < 1.29 is 13.5 Å². The number of rotatable bonds is 3. The average molecular weight is 408 g/mol. The molecule has 0 unspecified atom stereocenters. The van der Waals surface area contributed by atoms with Gasteiger partial charge < -0.3 is 9.64 Å².